The number of carbonyl (C=O) groups is 3. The van der Waals surface area contributed by atoms with E-state index in [4.69, 9.17) is 0 Å². The van der Waals surface area contributed by atoms with Crippen LogP contribution in [0.3, 0.4) is 0 Å². The van der Waals surface area contributed by atoms with E-state index >= 15 is 0 Å². The molecule has 0 atom stereocenters. The largest absolute Gasteiger partial charge is 0.359 e. The van der Waals surface area contributed by atoms with E-state index < -0.39 is 0 Å². The minimum absolute atomic E-state index is 0.0747. The summed E-state index contributed by atoms with van der Waals surface area (Å²) in [5.74, 6) is -0.211. The number of nitrogens with one attached hydrogen (secondary N) is 1. The van der Waals surface area contributed by atoms with Crippen molar-refractivity contribution in [3.63, 3.8) is 0 Å². The lowest BCUT2D eigenvalue weighted by atomic mass is 9.95. The van der Waals surface area contributed by atoms with Crippen LogP contribution in [0, 0.1) is 5.92 Å². The Labute approximate surface area is 118 Å². The second-order valence-corrected chi connectivity index (χ2v) is 4.85. The molecular formula is C11H17Br2NO3. The second-order valence-electron chi connectivity index (χ2n) is 3.73. The van der Waals surface area contributed by atoms with E-state index in [0.29, 0.717) is 36.3 Å². The average molecular weight is 371 g/mol. The number of rotatable bonds is 9. The van der Waals surface area contributed by atoms with Crippen molar-refractivity contribution in [2.45, 2.75) is 25.7 Å². The lowest BCUT2D eigenvalue weighted by molar-refractivity contribution is -0.125. The van der Waals surface area contributed by atoms with Gasteiger partial charge in [0.1, 0.15) is 11.6 Å². The van der Waals surface area contributed by atoms with Gasteiger partial charge in [-0.1, -0.05) is 31.9 Å². The van der Waals surface area contributed by atoms with Crippen LogP contribution < -0.4 is 5.32 Å². The van der Waals surface area contributed by atoms with Crippen LogP contribution in [0.2, 0.25) is 0 Å². The molecule has 0 fully saturated rings. The molecule has 0 saturated heterocycles. The first kappa shape index (κ1) is 16.8. The van der Waals surface area contributed by atoms with Crippen LogP contribution in [0.1, 0.15) is 25.7 Å². The fourth-order valence-electron chi connectivity index (χ4n) is 1.41. The van der Waals surface area contributed by atoms with Gasteiger partial charge in [-0.2, -0.15) is 0 Å². The number of alkyl halides is 2. The maximum absolute atomic E-state index is 11.6. The molecule has 4 nitrogen and oxygen atoms in total. The number of ketones is 2. The monoisotopic (exact) mass is 369 g/mol. The summed E-state index contributed by atoms with van der Waals surface area (Å²) in [5, 5.41) is 3.19. The summed E-state index contributed by atoms with van der Waals surface area (Å²) in [6.45, 7) is 0. The molecule has 0 spiro atoms. The van der Waals surface area contributed by atoms with Crippen LogP contribution in [0.5, 0.6) is 0 Å². The van der Waals surface area contributed by atoms with E-state index in [1.807, 2.05) is 0 Å². The van der Waals surface area contributed by atoms with E-state index in [1.54, 1.807) is 7.05 Å². The molecule has 0 unspecified atom stereocenters. The van der Waals surface area contributed by atoms with E-state index in [9.17, 15) is 14.4 Å². The minimum Gasteiger partial charge on any atom is -0.359 e. The Hall–Kier alpha value is -0.230. The van der Waals surface area contributed by atoms with Crippen LogP contribution >= 0.6 is 31.9 Å². The molecule has 0 aliphatic carbocycles. The van der Waals surface area contributed by atoms with Gasteiger partial charge in [0.25, 0.3) is 0 Å². The first-order chi connectivity index (χ1) is 8.04. The summed E-state index contributed by atoms with van der Waals surface area (Å²) >= 11 is 6.16. The molecule has 1 N–H and O–H groups in total. The molecule has 0 heterocycles. The third-order valence-corrected chi connectivity index (χ3v) is 3.71. The molecule has 0 aliphatic heterocycles. The second kappa shape index (κ2) is 9.76. The molecule has 98 valence electrons. The number of halogens is 2. The first-order valence-corrected chi connectivity index (χ1v) is 7.66. The lowest BCUT2D eigenvalue weighted by Gasteiger charge is -2.13. The smallest absolute Gasteiger partial charge is 0.222 e. The van der Waals surface area contributed by atoms with Crippen LogP contribution in [-0.2, 0) is 14.4 Å². The molecule has 17 heavy (non-hydrogen) atoms. The van der Waals surface area contributed by atoms with Gasteiger partial charge in [-0.3, -0.25) is 14.4 Å². The SMILES string of the molecule is CNC(=O)C(CCC(=O)CBr)CCC(=O)CBr. The Kier molecular flexibility index (Phi) is 9.63. The fraction of sp³-hybridized carbons (Fsp3) is 0.727. The zero-order valence-electron chi connectivity index (χ0n) is 9.80. The predicted octanol–water partition coefficient (Wildman–Crippen LogP) is 1.84. The zero-order chi connectivity index (χ0) is 13.3. The van der Waals surface area contributed by atoms with Crippen molar-refractivity contribution >= 4 is 49.3 Å². The number of hydrogen-bond donors (Lipinski definition) is 1. The quantitative estimate of drug-likeness (QED) is 0.630. The van der Waals surface area contributed by atoms with E-state index in [1.165, 1.54) is 0 Å². The van der Waals surface area contributed by atoms with Crippen molar-refractivity contribution < 1.29 is 14.4 Å². The number of carbonyl (C=O) groups excluding carboxylic acids is 3. The molecule has 0 bridgehead atoms. The molecule has 0 aliphatic rings. The van der Waals surface area contributed by atoms with Crippen LogP contribution in [0.4, 0.5) is 0 Å². The Morgan fingerprint density at radius 3 is 1.71 bits per heavy atom. The van der Waals surface area contributed by atoms with E-state index in [2.05, 4.69) is 37.2 Å². The Morgan fingerprint density at radius 1 is 1.00 bits per heavy atom. The van der Waals surface area contributed by atoms with E-state index in [-0.39, 0.29) is 23.4 Å². The zero-order valence-corrected chi connectivity index (χ0v) is 13.0. The third kappa shape index (κ3) is 7.65. The summed E-state index contributed by atoms with van der Waals surface area (Å²) in [4.78, 5) is 33.9. The topological polar surface area (TPSA) is 63.2 Å². The van der Waals surface area contributed by atoms with Crippen LogP contribution in [-0.4, -0.2) is 35.2 Å². The average Bonchev–Trinajstić information content (AvgIpc) is 2.36. The molecule has 0 radical (unpaired) electrons. The molecule has 0 aromatic heterocycles. The van der Waals surface area contributed by atoms with Gasteiger partial charge in [0.2, 0.25) is 5.91 Å². The van der Waals surface area contributed by atoms with E-state index in [0.717, 1.165) is 0 Å². The highest BCUT2D eigenvalue weighted by Crippen LogP contribution is 2.15. The molecular weight excluding hydrogens is 354 g/mol. The number of hydrogen-bond acceptors (Lipinski definition) is 3. The lowest BCUT2D eigenvalue weighted by Crippen LogP contribution is -2.28. The molecule has 1 amide bonds. The molecule has 6 heteroatoms. The summed E-state index contributed by atoms with van der Waals surface area (Å²) in [6.07, 6.45) is 1.73. The highest BCUT2D eigenvalue weighted by atomic mass is 79.9. The van der Waals surface area contributed by atoms with Gasteiger partial charge in [0, 0.05) is 25.8 Å². The van der Waals surface area contributed by atoms with Crippen LogP contribution in [0.15, 0.2) is 0 Å². The Morgan fingerprint density at radius 2 is 1.41 bits per heavy atom. The normalized spacial score (nSPS) is 10.4. The number of amides is 1. The van der Waals surface area contributed by atoms with Gasteiger partial charge in [0.05, 0.1) is 10.7 Å². The Balaban J connectivity index is 4.19. The summed E-state index contributed by atoms with van der Waals surface area (Å²) in [6, 6.07) is 0. The molecule has 0 aromatic carbocycles. The molecule has 0 saturated carbocycles. The minimum atomic E-state index is -0.258. The van der Waals surface area contributed by atoms with Crippen molar-refractivity contribution in [3.05, 3.63) is 0 Å². The maximum Gasteiger partial charge on any atom is 0.222 e. The van der Waals surface area contributed by atoms with Gasteiger partial charge in [0.15, 0.2) is 0 Å². The predicted molar refractivity (Wildman–Crippen MR) is 73.6 cm³/mol. The van der Waals surface area contributed by atoms with Gasteiger partial charge in [-0.05, 0) is 12.8 Å². The maximum atomic E-state index is 11.6. The van der Waals surface area contributed by atoms with Gasteiger partial charge in [-0.15, -0.1) is 0 Å². The highest BCUT2D eigenvalue weighted by Gasteiger charge is 2.19. The van der Waals surface area contributed by atoms with Gasteiger partial charge >= 0.3 is 0 Å². The van der Waals surface area contributed by atoms with Gasteiger partial charge < -0.3 is 5.32 Å². The summed E-state index contributed by atoms with van der Waals surface area (Å²) < 4.78 is 0. The Bertz CT molecular complexity index is 262. The summed E-state index contributed by atoms with van der Waals surface area (Å²) in [5.41, 5.74) is 0. The number of Topliss-reactive ketones (excluding diaryl/α,β-unsaturated/α-hetero) is 2. The van der Waals surface area contributed by atoms with Crippen molar-refractivity contribution in [2.24, 2.45) is 5.92 Å². The third-order valence-electron chi connectivity index (χ3n) is 2.46. The fourth-order valence-corrected chi connectivity index (χ4v) is 1.98. The van der Waals surface area contributed by atoms with Crippen molar-refractivity contribution in [1.29, 1.82) is 0 Å². The highest BCUT2D eigenvalue weighted by molar-refractivity contribution is 9.09. The molecule has 0 aromatic rings. The standard InChI is InChI=1S/C11H17Br2NO3/c1-14-11(17)8(2-4-9(15)6-12)3-5-10(16)7-13/h8H,2-7H2,1H3,(H,14,17). The van der Waals surface area contributed by atoms with Crippen molar-refractivity contribution in [2.75, 3.05) is 17.7 Å². The van der Waals surface area contributed by atoms with Gasteiger partial charge in [-0.25, -0.2) is 0 Å². The summed E-state index contributed by atoms with van der Waals surface area (Å²) in [7, 11) is 1.56. The first-order valence-electron chi connectivity index (χ1n) is 5.42. The molecule has 0 rings (SSSR count). The van der Waals surface area contributed by atoms with Crippen molar-refractivity contribution in [1.82, 2.24) is 5.32 Å². The van der Waals surface area contributed by atoms with Crippen molar-refractivity contribution in [3.8, 4) is 0 Å². The van der Waals surface area contributed by atoms with Crippen LogP contribution in [0.25, 0.3) is 0 Å².